The summed E-state index contributed by atoms with van der Waals surface area (Å²) in [5.41, 5.74) is 3.64. The van der Waals surface area contributed by atoms with Gasteiger partial charge in [0.1, 0.15) is 18.1 Å². The molecule has 29 heavy (non-hydrogen) atoms. The second kappa shape index (κ2) is 7.45. The summed E-state index contributed by atoms with van der Waals surface area (Å²) >= 11 is 5.94. The van der Waals surface area contributed by atoms with Crippen molar-refractivity contribution in [1.29, 1.82) is 0 Å². The molecule has 0 amide bonds. The molecule has 2 heterocycles. The highest BCUT2D eigenvalue weighted by Crippen LogP contribution is 2.31. The van der Waals surface area contributed by atoms with E-state index in [0.717, 1.165) is 33.5 Å². The van der Waals surface area contributed by atoms with Crippen LogP contribution in [0.4, 0.5) is 0 Å². The van der Waals surface area contributed by atoms with E-state index in [4.69, 9.17) is 20.9 Å². The summed E-state index contributed by atoms with van der Waals surface area (Å²) in [6.07, 6.45) is 0. The SMILES string of the molecule is Clc1ccc(-c2noc(-c3cc4c(OCc5ccccc5)cccc4[nH]3)n2)cc1. The molecule has 0 bridgehead atoms. The molecule has 0 spiro atoms. The largest absolute Gasteiger partial charge is 0.488 e. The summed E-state index contributed by atoms with van der Waals surface area (Å²) in [6.45, 7) is 0.502. The summed E-state index contributed by atoms with van der Waals surface area (Å²) in [7, 11) is 0. The van der Waals surface area contributed by atoms with Crippen LogP contribution in [0.15, 0.2) is 83.4 Å². The number of benzene rings is 3. The molecule has 0 aliphatic rings. The number of halogens is 1. The summed E-state index contributed by atoms with van der Waals surface area (Å²) in [5.74, 6) is 1.72. The number of aromatic nitrogens is 3. The van der Waals surface area contributed by atoms with Crippen molar-refractivity contribution >= 4 is 22.5 Å². The lowest BCUT2D eigenvalue weighted by atomic mass is 10.2. The fourth-order valence-corrected chi connectivity index (χ4v) is 3.28. The Morgan fingerprint density at radius 3 is 2.59 bits per heavy atom. The second-order valence-corrected chi connectivity index (χ2v) is 7.04. The van der Waals surface area contributed by atoms with E-state index in [1.54, 1.807) is 12.1 Å². The summed E-state index contributed by atoms with van der Waals surface area (Å²) < 4.78 is 11.5. The molecule has 5 rings (SSSR count). The van der Waals surface area contributed by atoms with Crippen molar-refractivity contribution < 1.29 is 9.26 Å². The van der Waals surface area contributed by atoms with Gasteiger partial charge in [0, 0.05) is 21.5 Å². The average Bonchev–Trinajstić information content (AvgIpc) is 3.41. The predicted octanol–water partition coefficient (Wildman–Crippen LogP) is 6.12. The molecule has 0 unspecified atom stereocenters. The highest BCUT2D eigenvalue weighted by Gasteiger charge is 2.15. The Morgan fingerprint density at radius 2 is 1.76 bits per heavy atom. The molecule has 3 aromatic carbocycles. The number of aromatic amines is 1. The van der Waals surface area contributed by atoms with E-state index in [-0.39, 0.29) is 0 Å². The van der Waals surface area contributed by atoms with Crippen molar-refractivity contribution in [2.45, 2.75) is 6.61 Å². The van der Waals surface area contributed by atoms with Crippen molar-refractivity contribution in [3.63, 3.8) is 0 Å². The number of H-pyrrole nitrogens is 1. The average molecular weight is 402 g/mol. The molecule has 2 aromatic heterocycles. The van der Waals surface area contributed by atoms with Gasteiger partial charge in [-0.15, -0.1) is 0 Å². The second-order valence-electron chi connectivity index (χ2n) is 6.60. The maximum Gasteiger partial charge on any atom is 0.274 e. The molecule has 5 aromatic rings. The Balaban J connectivity index is 1.44. The van der Waals surface area contributed by atoms with E-state index in [1.165, 1.54) is 0 Å². The quantitative estimate of drug-likeness (QED) is 0.385. The van der Waals surface area contributed by atoms with Gasteiger partial charge in [-0.25, -0.2) is 0 Å². The van der Waals surface area contributed by atoms with Crippen LogP contribution in [-0.4, -0.2) is 15.1 Å². The van der Waals surface area contributed by atoms with Crippen LogP contribution in [0.25, 0.3) is 33.9 Å². The minimum absolute atomic E-state index is 0.417. The fraction of sp³-hybridized carbons (Fsp3) is 0.0435. The normalized spacial score (nSPS) is 11.1. The minimum atomic E-state index is 0.417. The van der Waals surface area contributed by atoms with E-state index in [9.17, 15) is 0 Å². The molecule has 0 saturated carbocycles. The smallest absolute Gasteiger partial charge is 0.274 e. The number of hydrogen-bond acceptors (Lipinski definition) is 4. The molecule has 6 heteroatoms. The first kappa shape index (κ1) is 17.5. The van der Waals surface area contributed by atoms with Gasteiger partial charge in [0.05, 0.1) is 0 Å². The lowest BCUT2D eigenvalue weighted by Gasteiger charge is -2.07. The number of ether oxygens (including phenoxy) is 1. The fourth-order valence-electron chi connectivity index (χ4n) is 3.15. The Morgan fingerprint density at radius 1 is 0.931 bits per heavy atom. The van der Waals surface area contributed by atoms with Crippen LogP contribution in [0.1, 0.15) is 5.56 Å². The molecular formula is C23H16ClN3O2. The molecule has 0 radical (unpaired) electrons. The van der Waals surface area contributed by atoms with Crippen LogP contribution in [-0.2, 0) is 6.61 Å². The predicted molar refractivity (Wildman–Crippen MR) is 113 cm³/mol. The van der Waals surface area contributed by atoms with Crippen LogP contribution in [0, 0.1) is 0 Å². The zero-order valence-electron chi connectivity index (χ0n) is 15.3. The first-order chi connectivity index (χ1) is 14.3. The molecule has 0 aliphatic heterocycles. The van der Waals surface area contributed by atoms with Crippen LogP contribution in [0.3, 0.4) is 0 Å². The van der Waals surface area contributed by atoms with E-state index in [2.05, 4.69) is 15.1 Å². The lowest BCUT2D eigenvalue weighted by Crippen LogP contribution is -1.94. The maximum absolute atomic E-state index is 6.04. The van der Waals surface area contributed by atoms with Crippen molar-refractivity contribution in [1.82, 2.24) is 15.1 Å². The Hall–Kier alpha value is -3.57. The van der Waals surface area contributed by atoms with Gasteiger partial charge in [-0.1, -0.05) is 53.2 Å². The van der Waals surface area contributed by atoms with Gasteiger partial charge in [0.25, 0.3) is 5.89 Å². The number of nitrogens with zero attached hydrogens (tertiary/aromatic N) is 2. The Bertz CT molecular complexity index is 1260. The van der Waals surface area contributed by atoms with E-state index in [1.807, 2.05) is 66.7 Å². The van der Waals surface area contributed by atoms with Gasteiger partial charge < -0.3 is 14.2 Å². The molecule has 0 atom stereocenters. The van der Waals surface area contributed by atoms with Gasteiger partial charge in [0.2, 0.25) is 5.82 Å². The molecular weight excluding hydrogens is 386 g/mol. The third-order valence-corrected chi connectivity index (χ3v) is 4.87. The van der Waals surface area contributed by atoms with E-state index >= 15 is 0 Å². The number of rotatable bonds is 5. The van der Waals surface area contributed by atoms with Crippen LogP contribution >= 0.6 is 11.6 Å². The van der Waals surface area contributed by atoms with Crippen LogP contribution in [0.5, 0.6) is 5.75 Å². The highest BCUT2D eigenvalue weighted by molar-refractivity contribution is 6.30. The van der Waals surface area contributed by atoms with Crippen molar-refractivity contribution in [3.8, 4) is 28.7 Å². The lowest BCUT2D eigenvalue weighted by molar-refractivity contribution is 0.310. The molecule has 5 nitrogen and oxygen atoms in total. The van der Waals surface area contributed by atoms with Gasteiger partial charge in [0.15, 0.2) is 0 Å². The van der Waals surface area contributed by atoms with Crippen molar-refractivity contribution in [3.05, 3.63) is 89.4 Å². The third kappa shape index (κ3) is 3.60. The topological polar surface area (TPSA) is 63.9 Å². The zero-order valence-corrected chi connectivity index (χ0v) is 16.1. The number of nitrogens with one attached hydrogen (secondary N) is 1. The monoisotopic (exact) mass is 401 g/mol. The van der Waals surface area contributed by atoms with Gasteiger partial charge in [-0.3, -0.25) is 0 Å². The first-order valence-electron chi connectivity index (χ1n) is 9.15. The molecule has 1 N–H and O–H groups in total. The Labute approximate surface area is 171 Å². The van der Waals surface area contributed by atoms with Gasteiger partial charge in [-0.2, -0.15) is 4.98 Å². The minimum Gasteiger partial charge on any atom is -0.488 e. The molecule has 0 aliphatic carbocycles. The van der Waals surface area contributed by atoms with E-state index < -0.39 is 0 Å². The first-order valence-corrected chi connectivity index (χ1v) is 9.52. The van der Waals surface area contributed by atoms with E-state index in [0.29, 0.717) is 23.3 Å². The summed E-state index contributed by atoms with van der Waals surface area (Å²) in [4.78, 5) is 7.83. The molecule has 142 valence electrons. The van der Waals surface area contributed by atoms with Crippen molar-refractivity contribution in [2.24, 2.45) is 0 Å². The third-order valence-electron chi connectivity index (χ3n) is 4.62. The molecule has 0 saturated heterocycles. The summed E-state index contributed by atoms with van der Waals surface area (Å²) in [6, 6.07) is 25.3. The number of fused-ring (bicyclic) bond motifs is 1. The summed E-state index contributed by atoms with van der Waals surface area (Å²) in [5, 5.41) is 5.71. The van der Waals surface area contributed by atoms with Crippen LogP contribution < -0.4 is 4.74 Å². The Kier molecular flexibility index (Phi) is 4.50. The molecule has 0 fully saturated rings. The standard InChI is InChI=1S/C23H16ClN3O2/c24-17-11-9-16(10-12-17)22-26-23(29-27-22)20-13-18-19(25-20)7-4-8-21(18)28-14-15-5-2-1-3-6-15/h1-13,25H,14H2. The number of hydrogen-bond donors (Lipinski definition) is 1. The van der Waals surface area contributed by atoms with Gasteiger partial charge >= 0.3 is 0 Å². The van der Waals surface area contributed by atoms with Crippen molar-refractivity contribution in [2.75, 3.05) is 0 Å². The van der Waals surface area contributed by atoms with Gasteiger partial charge in [-0.05, 0) is 48.0 Å². The highest BCUT2D eigenvalue weighted by atomic mass is 35.5. The maximum atomic E-state index is 6.04. The van der Waals surface area contributed by atoms with Crippen LogP contribution in [0.2, 0.25) is 5.02 Å². The zero-order chi connectivity index (χ0) is 19.6.